The fraction of sp³-hybridized carbons (Fsp3) is 0.261. The molecule has 2 aromatic heterocycles. The Morgan fingerprint density at radius 1 is 1.03 bits per heavy atom. The van der Waals surface area contributed by atoms with Crippen molar-refractivity contribution in [2.75, 3.05) is 11.2 Å². The van der Waals surface area contributed by atoms with Crippen molar-refractivity contribution in [2.45, 2.75) is 37.2 Å². The van der Waals surface area contributed by atoms with E-state index in [2.05, 4.69) is 45.0 Å². The first-order valence-electron chi connectivity index (χ1n) is 9.96. The van der Waals surface area contributed by atoms with Crippen LogP contribution in [0.5, 0.6) is 0 Å². The number of sulfone groups is 1. The molecule has 1 aliphatic heterocycles. The van der Waals surface area contributed by atoms with E-state index in [9.17, 15) is 8.42 Å². The van der Waals surface area contributed by atoms with E-state index < -0.39 is 9.84 Å². The second kappa shape index (κ2) is 7.02. The van der Waals surface area contributed by atoms with Gasteiger partial charge in [-0.15, -0.1) is 0 Å². The largest absolute Gasteiger partial charge is 0.363 e. The van der Waals surface area contributed by atoms with Crippen molar-refractivity contribution in [1.29, 1.82) is 0 Å². The summed E-state index contributed by atoms with van der Waals surface area (Å²) in [5.74, 6) is 0. The van der Waals surface area contributed by atoms with Crippen LogP contribution >= 0.6 is 0 Å². The quantitative estimate of drug-likeness (QED) is 0.648. The minimum Gasteiger partial charge on any atom is -0.363 e. The van der Waals surface area contributed by atoms with E-state index in [1.807, 2.05) is 18.3 Å². The Balaban J connectivity index is 1.56. The van der Waals surface area contributed by atoms with Gasteiger partial charge in [-0.05, 0) is 25.1 Å². The van der Waals surface area contributed by atoms with Crippen LogP contribution in [-0.4, -0.2) is 35.7 Å². The Bertz CT molecular complexity index is 1270. The molecule has 0 bridgehead atoms. The molecule has 0 spiro atoms. The van der Waals surface area contributed by atoms with Gasteiger partial charge in [-0.1, -0.05) is 24.3 Å². The fourth-order valence-corrected chi connectivity index (χ4v) is 4.96. The Hall–Kier alpha value is -3.06. The molecule has 7 heteroatoms. The molecular weight excluding hydrogens is 396 g/mol. The Morgan fingerprint density at radius 2 is 1.83 bits per heavy atom. The Kier molecular flexibility index (Phi) is 4.43. The van der Waals surface area contributed by atoms with Gasteiger partial charge in [-0.3, -0.25) is 4.98 Å². The van der Waals surface area contributed by atoms with Gasteiger partial charge in [0.15, 0.2) is 9.84 Å². The average molecular weight is 419 g/mol. The zero-order valence-corrected chi connectivity index (χ0v) is 17.7. The van der Waals surface area contributed by atoms with E-state index in [0.29, 0.717) is 17.5 Å². The molecule has 152 valence electrons. The van der Waals surface area contributed by atoms with Gasteiger partial charge >= 0.3 is 0 Å². The second-order valence-electron chi connectivity index (χ2n) is 7.92. The molecule has 0 amide bonds. The SMILES string of the molecule is CC1Cc2ncnc(-c3ccc(S(C)(=O)=O)cc3)c2CN1c1ccnc2c1C=CC2. The highest BCUT2D eigenvalue weighted by atomic mass is 32.2. The van der Waals surface area contributed by atoms with Crippen molar-refractivity contribution in [3.05, 3.63) is 71.4 Å². The molecule has 5 rings (SSSR count). The van der Waals surface area contributed by atoms with E-state index in [4.69, 9.17) is 0 Å². The van der Waals surface area contributed by atoms with E-state index >= 15 is 0 Å². The topological polar surface area (TPSA) is 76.1 Å². The van der Waals surface area contributed by atoms with E-state index in [1.54, 1.807) is 18.5 Å². The van der Waals surface area contributed by atoms with Crippen molar-refractivity contribution in [1.82, 2.24) is 15.0 Å². The van der Waals surface area contributed by atoms with Gasteiger partial charge in [-0.2, -0.15) is 0 Å². The molecule has 1 unspecified atom stereocenters. The van der Waals surface area contributed by atoms with Crippen LogP contribution < -0.4 is 4.90 Å². The molecule has 1 atom stereocenters. The maximum atomic E-state index is 11.8. The summed E-state index contributed by atoms with van der Waals surface area (Å²) in [5.41, 5.74) is 7.41. The number of benzene rings is 1. The lowest BCUT2D eigenvalue weighted by atomic mass is 9.94. The van der Waals surface area contributed by atoms with Gasteiger partial charge in [0.05, 0.1) is 22.0 Å². The second-order valence-corrected chi connectivity index (χ2v) is 9.94. The summed E-state index contributed by atoms with van der Waals surface area (Å²) in [6.45, 7) is 2.92. The van der Waals surface area contributed by atoms with Gasteiger partial charge in [0.2, 0.25) is 0 Å². The fourth-order valence-electron chi connectivity index (χ4n) is 4.33. The lowest BCUT2D eigenvalue weighted by Gasteiger charge is -2.37. The normalized spacial score (nSPS) is 17.7. The maximum Gasteiger partial charge on any atom is 0.175 e. The predicted octanol–water partition coefficient (Wildman–Crippen LogP) is 3.46. The van der Waals surface area contributed by atoms with Gasteiger partial charge in [-0.25, -0.2) is 18.4 Å². The molecule has 0 saturated heterocycles. The van der Waals surface area contributed by atoms with Crippen LogP contribution in [0.2, 0.25) is 0 Å². The first-order chi connectivity index (χ1) is 14.4. The van der Waals surface area contributed by atoms with Crippen LogP contribution in [0.15, 0.2) is 53.8 Å². The van der Waals surface area contributed by atoms with Crippen LogP contribution in [0.3, 0.4) is 0 Å². The van der Waals surface area contributed by atoms with Crippen LogP contribution in [0, 0.1) is 0 Å². The van der Waals surface area contributed by atoms with Crippen LogP contribution in [0.4, 0.5) is 5.69 Å². The third-order valence-electron chi connectivity index (χ3n) is 5.89. The van der Waals surface area contributed by atoms with Crippen LogP contribution in [-0.2, 0) is 29.2 Å². The Morgan fingerprint density at radius 3 is 2.60 bits per heavy atom. The zero-order valence-electron chi connectivity index (χ0n) is 16.9. The van der Waals surface area contributed by atoms with E-state index in [0.717, 1.165) is 41.1 Å². The van der Waals surface area contributed by atoms with E-state index in [1.165, 1.54) is 17.5 Å². The van der Waals surface area contributed by atoms with Crippen molar-refractivity contribution >= 4 is 21.6 Å². The number of fused-ring (bicyclic) bond motifs is 2. The van der Waals surface area contributed by atoms with Crippen molar-refractivity contribution in [3.8, 4) is 11.3 Å². The van der Waals surface area contributed by atoms with Crippen molar-refractivity contribution < 1.29 is 8.42 Å². The number of hydrogen-bond acceptors (Lipinski definition) is 6. The summed E-state index contributed by atoms with van der Waals surface area (Å²) in [6.07, 6.45) is 10.7. The molecule has 30 heavy (non-hydrogen) atoms. The first kappa shape index (κ1) is 18.9. The molecule has 1 aliphatic carbocycles. The molecule has 3 aromatic rings. The molecule has 1 aromatic carbocycles. The molecule has 0 N–H and O–H groups in total. The van der Waals surface area contributed by atoms with Gasteiger partial charge in [0, 0.05) is 60.3 Å². The average Bonchev–Trinajstić information content (AvgIpc) is 3.21. The van der Waals surface area contributed by atoms with Gasteiger partial charge in [0.25, 0.3) is 0 Å². The summed E-state index contributed by atoms with van der Waals surface area (Å²) in [5, 5.41) is 0. The summed E-state index contributed by atoms with van der Waals surface area (Å²) in [6, 6.07) is 9.32. The molecule has 0 radical (unpaired) electrons. The molecular formula is C23H22N4O2S. The number of hydrogen-bond donors (Lipinski definition) is 0. The van der Waals surface area contributed by atoms with Gasteiger partial charge < -0.3 is 4.90 Å². The Labute approximate surface area is 176 Å². The van der Waals surface area contributed by atoms with E-state index in [-0.39, 0.29) is 0 Å². The summed E-state index contributed by atoms with van der Waals surface area (Å²) < 4.78 is 23.6. The monoisotopic (exact) mass is 418 g/mol. The number of aromatic nitrogens is 3. The lowest BCUT2D eigenvalue weighted by Crippen LogP contribution is -2.39. The van der Waals surface area contributed by atoms with Crippen LogP contribution in [0.1, 0.15) is 29.4 Å². The standard InChI is InChI=1S/C23H22N4O2S/c1-15-12-21-19(13-27(15)22-10-11-24-20-5-3-4-18(20)22)23(26-14-25-21)16-6-8-17(9-7-16)30(2,28)29/h3-4,6-11,14-15H,5,12-13H2,1-2H3. The molecule has 0 saturated carbocycles. The number of allylic oxidation sites excluding steroid dienone is 1. The predicted molar refractivity (Wildman–Crippen MR) is 117 cm³/mol. The van der Waals surface area contributed by atoms with Crippen molar-refractivity contribution in [2.24, 2.45) is 0 Å². The molecule has 3 heterocycles. The maximum absolute atomic E-state index is 11.8. The number of pyridine rings is 1. The van der Waals surface area contributed by atoms with Crippen LogP contribution in [0.25, 0.3) is 17.3 Å². The highest BCUT2D eigenvalue weighted by Gasteiger charge is 2.29. The number of nitrogens with zero attached hydrogens (tertiary/aromatic N) is 4. The first-order valence-corrected chi connectivity index (χ1v) is 11.9. The minimum absolute atomic E-state index is 0.299. The summed E-state index contributed by atoms with van der Waals surface area (Å²) >= 11 is 0. The van der Waals surface area contributed by atoms with Gasteiger partial charge in [0.1, 0.15) is 6.33 Å². The molecule has 6 nitrogen and oxygen atoms in total. The third-order valence-corrected chi connectivity index (χ3v) is 7.02. The summed E-state index contributed by atoms with van der Waals surface area (Å²) in [4.78, 5) is 16.3. The zero-order chi connectivity index (χ0) is 20.9. The third kappa shape index (κ3) is 3.19. The van der Waals surface area contributed by atoms with Crippen molar-refractivity contribution in [3.63, 3.8) is 0 Å². The highest BCUT2D eigenvalue weighted by Crippen LogP contribution is 2.36. The number of rotatable bonds is 3. The summed E-state index contributed by atoms with van der Waals surface area (Å²) in [7, 11) is -3.23. The number of anilines is 1. The molecule has 0 fully saturated rings. The molecule has 2 aliphatic rings. The highest BCUT2D eigenvalue weighted by molar-refractivity contribution is 7.90. The lowest BCUT2D eigenvalue weighted by molar-refractivity contribution is 0.579. The minimum atomic E-state index is -3.23. The smallest absolute Gasteiger partial charge is 0.175 e.